The summed E-state index contributed by atoms with van der Waals surface area (Å²) in [5, 5.41) is 3.34. The summed E-state index contributed by atoms with van der Waals surface area (Å²) >= 11 is 0. The summed E-state index contributed by atoms with van der Waals surface area (Å²) < 4.78 is 0. The van der Waals surface area contributed by atoms with Crippen molar-refractivity contribution in [3.05, 3.63) is 35.9 Å². The van der Waals surface area contributed by atoms with Crippen LogP contribution in [0.1, 0.15) is 24.4 Å². The zero-order valence-corrected chi connectivity index (χ0v) is 14.9. The van der Waals surface area contributed by atoms with Gasteiger partial charge in [-0.1, -0.05) is 30.3 Å². The van der Waals surface area contributed by atoms with Crippen molar-refractivity contribution in [2.24, 2.45) is 0 Å². The van der Waals surface area contributed by atoms with E-state index in [0.717, 1.165) is 57.7 Å². The van der Waals surface area contributed by atoms with Gasteiger partial charge in [-0.25, -0.2) is 0 Å². The molecule has 0 saturated carbocycles. The SMILES string of the molecule is CNC1CCN(C(=O)C(c2ccccc2)N2CCN(C)CC2)CC1. The Kier molecular flexibility index (Phi) is 5.87. The van der Waals surface area contributed by atoms with E-state index in [9.17, 15) is 4.79 Å². The molecule has 2 aliphatic heterocycles. The van der Waals surface area contributed by atoms with Crippen LogP contribution in [0.5, 0.6) is 0 Å². The summed E-state index contributed by atoms with van der Waals surface area (Å²) in [6.07, 6.45) is 2.10. The van der Waals surface area contributed by atoms with Gasteiger partial charge in [0, 0.05) is 45.3 Å². The lowest BCUT2D eigenvalue weighted by Gasteiger charge is -2.41. The highest BCUT2D eigenvalue weighted by Crippen LogP contribution is 2.26. The highest BCUT2D eigenvalue weighted by molar-refractivity contribution is 5.83. The van der Waals surface area contributed by atoms with Gasteiger partial charge in [0.2, 0.25) is 5.91 Å². The second kappa shape index (κ2) is 8.10. The molecule has 1 amide bonds. The van der Waals surface area contributed by atoms with E-state index < -0.39 is 0 Å². The van der Waals surface area contributed by atoms with Gasteiger partial charge in [0.25, 0.3) is 0 Å². The van der Waals surface area contributed by atoms with Crippen LogP contribution in [0.15, 0.2) is 30.3 Å². The van der Waals surface area contributed by atoms with Crippen LogP contribution in [-0.4, -0.2) is 80.0 Å². The van der Waals surface area contributed by atoms with E-state index >= 15 is 0 Å². The number of hydrogen-bond acceptors (Lipinski definition) is 4. The number of nitrogens with zero attached hydrogens (tertiary/aromatic N) is 3. The maximum Gasteiger partial charge on any atom is 0.244 e. The summed E-state index contributed by atoms with van der Waals surface area (Å²) in [7, 11) is 4.17. The number of rotatable bonds is 4. The Morgan fingerprint density at radius 1 is 1.04 bits per heavy atom. The van der Waals surface area contributed by atoms with Crippen molar-refractivity contribution in [1.82, 2.24) is 20.0 Å². The maximum atomic E-state index is 13.3. The first kappa shape index (κ1) is 17.4. The first-order valence-electron chi connectivity index (χ1n) is 9.12. The highest BCUT2D eigenvalue weighted by atomic mass is 16.2. The van der Waals surface area contributed by atoms with Gasteiger partial charge in [-0.2, -0.15) is 0 Å². The molecule has 2 aliphatic rings. The molecule has 0 radical (unpaired) electrons. The van der Waals surface area contributed by atoms with Gasteiger partial charge in [-0.15, -0.1) is 0 Å². The van der Waals surface area contributed by atoms with Crippen LogP contribution in [-0.2, 0) is 4.79 Å². The van der Waals surface area contributed by atoms with Gasteiger partial charge in [-0.05, 0) is 32.5 Å². The second-order valence-electron chi connectivity index (χ2n) is 7.04. The molecule has 1 atom stereocenters. The molecule has 0 bridgehead atoms. The Labute approximate surface area is 145 Å². The molecular weight excluding hydrogens is 300 g/mol. The Morgan fingerprint density at radius 2 is 1.67 bits per heavy atom. The third-order valence-corrected chi connectivity index (χ3v) is 5.47. The number of piperazine rings is 1. The summed E-state index contributed by atoms with van der Waals surface area (Å²) in [6, 6.07) is 10.7. The molecule has 0 aromatic heterocycles. The molecule has 1 N–H and O–H groups in total. The Hall–Kier alpha value is -1.43. The number of piperidine rings is 1. The minimum absolute atomic E-state index is 0.133. The lowest BCUT2D eigenvalue weighted by molar-refractivity contribution is -0.139. The van der Waals surface area contributed by atoms with Crippen LogP contribution in [0.25, 0.3) is 0 Å². The van der Waals surface area contributed by atoms with Crippen molar-refractivity contribution in [2.45, 2.75) is 24.9 Å². The van der Waals surface area contributed by atoms with Gasteiger partial charge >= 0.3 is 0 Å². The van der Waals surface area contributed by atoms with Crippen molar-refractivity contribution < 1.29 is 4.79 Å². The molecule has 2 heterocycles. The molecule has 1 unspecified atom stereocenters. The summed E-state index contributed by atoms with van der Waals surface area (Å²) in [6.45, 7) is 5.68. The predicted octanol–water partition coefficient (Wildman–Crippen LogP) is 1.19. The minimum atomic E-state index is -0.133. The Morgan fingerprint density at radius 3 is 2.25 bits per heavy atom. The number of likely N-dealkylation sites (N-methyl/N-ethyl adjacent to an activating group) is 1. The molecule has 1 aromatic rings. The summed E-state index contributed by atoms with van der Waals surface area (Å²) in [5.41, 5.74) is 1.13. The lowest BCUT2D eigenvalue weighted by atomic mass is 9.99. The third kappa shape index (κ3) is 3.97. The minimum Gasteiger partial charge on any atom is -0.341 e. The number of carbonyl (C=O) groups excluding carboxylic acids is 1. The molecule has 3 rings (SSSR count). The maximum absolute atomic E-state index is 13.3. The Bertz CT molecular complexity index is 519. The van der Waals surface area contributed by atoms with Gasteiger partial charge < -0.3 is 15.1 Å². The number of benzene rings is 1. The van der Waals surface area contributed by atoms with E-state index in [2.05, 4.69) is 39.2 Å². The van der Waals surface area contributed by atoms with E-state index in [-0.39, 0.29) is 11.9 Å². The molecule has 2 saturated heterocycles. The van der Waals surface area contributed by atoms with Gasteiger partial charge in [-0.3, -0.25) is 9.69 Å². The number of amides is 1. The first-order chi connectivity index (χ1) is 11.7. The molecule has 132 valence electrons. The fraction of sp³-hybridized carbons (Fsp3) is 0.632. The normalized spacial score (nSPS) is 22.5. The smallest absolute Gasteiger partial charge is 0.244 e. The number of hydrogen-bond donors (Lipinski definition) is 1. The summed E-state index contributed by atoms with van der Waals surface area (Å²) in [5.74, 6) is 0.278. The van der Waals surface area contributed by atoms with Crippen LogP contribution in [0.4, 0.5) is 0 Å². The monoisotopic (exact) mass is 330 g/mol. The van der Waals surface area contributed by atoms with E-state index in [1.807, 2.05) is 25.2 Å². The van der Waals surface area contributed by atoms with Crippen molar-refractivity contribution in [3.63, 3.8) is 0 Å². The van der Waals surface area contributed by atoms with E-state index in [1.54, 1.807) is 0 Å². The molecule has 0 aliphatic carbocycles. The van der Waals surface area contributed by atoms with E-state index in [1.165, 1.54) is 0 Å². The third-order valence-electron chi connectivity index (χ3n) is 5.47. The van der Waals surface area contributed by atoms with Crippen LogP contribution < -0.4 is 5.32 Å². The molecule has 24 heavy (non-hydrogen) atoms. The first-order valence-corrected chi connectivity index (χ1v) is 9.12. The molecule has 5 nitrogen and oxygen atoms in total. The fourth-order valence-electron chi connectivity index (χ4n) is 3.79. The number of nitrogens with one attached hydrogen (secondary N) is 1. The van der Waals surface area contributed by atoms with Gasteiger partial charge in [0.1, 0.15) is 6.04 Å². The number of carbonyl (C=O) groups is 1. The standard InChI is InChI=1S/C19H30N4O/c1-20-17-8-10-23(11-9-17)19(24)18(16-6-4-3-5-7-16)22-14-12-21(2)13-15-22/h3-7,17-18,20H,8-15H2,1-2H3. The predicted molar refractivity (Wildman–Crippen MR) is 96.9 cm³/mol. The zero-order chi connectivity index (χ0) is 16.9. The zero-order valence-electron chi connectivity index (χ0n) is 14.9. The quantitative estimate of drug-likeness (QED) is 0.900. The van der Waals surface area contributed by atoms with Crippen LogP contribution in [0.2, 0.25) is 0 Å². The van der Waals surface area contributed by atoms with E-state index in [0.29, 0.717) is 6.04 Å². The van der Waals surface area contributed by atoms with Crippen molar-refractivity contribution >= 4 is 5.91 Å². The lowest BCUT2D eigenvalue weighted by Crippen LogP contribution is -2.52. The van der Waals surface area contributed by atoms with E-state index in [4.69, 9.17) is 0 Å². The van der Waals surface area contributed by atoms with Gasteiger partial charge in [0.15, 0.2) is 0 Å². The van der Waals surface area contributed by atoms with Crippen LogP contribution in [0, 0.1) is 0 Å². The van der Waals surface area contributed by atoms with Crippen LogP contribution in [0.3, 0.4) is 0 Å². The molecule has 2 fully saturated rings. The Balaban J connectivity index is 1.76. The van der Waals surface area contributed by atoms with Crippen molar-refractivity contribution in [3.8, 4) is 0 Å². The van der Waals surface area contributed by atoms with Crippen molar-refractivity contribution in [2.75, 3.05) is 53.4 Å². The fourth-order valence-corrected chi connectivity index (χ4v) is 3.79. The average Bonchev–Trinajstić information content (AvgIpc) is 2.64. The van der Waals surface area contributed by atoms with Crippen molar-refractivity contribution in [1.29, 1.82) is 0 Å². The highest BCUT2D eigenvalue weighted by Gasteiger charge is 2.34. The second-order valence-corrected chi connectivity index (χ2v) is 7.04. The molecule has 5 heteroatoms. The number of likely N-dealkylation sites (tertiary alicyclic amines) is 1. The summed E-state index contributed by atoms with van der Waals surface area (Å²) in [4.78, 5) is 20.1. The van der Waals surface area contributed by atoms with Crippen LogP contribution >= 0.6 is 0 Å². The molecular formula is C19H30N4O. The average molecular weight is 330 g/mol. The topological polar surface area (TPSA) is 38.8 Å². The largest absolute Gasteiger partial charge is 0.341 e. The molecule has 0 spiro atoms. The van der Waals surface area contributed by atoms with Gasteiger partial charge in [0.05, 0.1) is 0 Å². The molecule has 1 aromatic carbocycles.